The van der Waals surface area contributed by atoms with Crippen LogP contribution in [0.4, 0.5) is 5.69 Å². The molecule has 0 aliphatic carbocycles. The molecule has 6 nitrogen and oxygen atoms in total. The van der Waals surface area contributed by atoms with Gasteiger partial charge in [-0.2, -0.15) is 5.26 Å². The normalized spacial score (nSPS) is 10.6. The molecule has 0 bridgehead atoms. The number of carbonyl (C=O) groups excluding carboxylic acids is 2. The van der Waals surface area contributed by atoms with Gasteiger partial charge in [-0.3, -0.25) is 4.79 Å². The summed E-state index contributed by atoms with van der Waals surface area (Å²) >= 11 is 0. The van der Waals surface area contributed by atoms with Crippen molar-refractivity contribution in [3.63, 3.8) is 0 Å². The van der Waals surface area contributed by atoms with Crippen LogP contribution in [0.25, 0.3) is 6.08 Å². The first-order chi connectivity index (χ1) is 12.6. The minimum Gasteiger partial charge on any atom is -0.494 e. The zero-order valence-electron chi connectivity index (χ0n) is 14.5. The van der Waals surface area contributed by atoms with E-state index in [2.05, 4.69) is 10.1 Å². The highest BCUT2D eigenvalue weighted by atomic mass is 16.5. The molecule has 0 saturated heterocycles. The molecule has 0 aliphatic rings. The van der Waals surface area contributed by atoms with Gasteiger partial charge in [-0.05, 0) is 55.0 Å². The molecular formula is C20H18N2O4. The number of nitrogens with zero attached hydrogens (tertiary/aromatic N) is 1. The van der Waals surface area contributed by atoms with Gasteiger partial charge in [0, 0.05) is 5.69 Å². The molecule has 6 heteroatoms. The van der Waals surface area contributed by atoms with Gasteiger partial charge in [0.15, 0.2) is 0 Å². The van der Waals surface area contributed by atoms with Gasteiger partial charge in [-0.1, -0.05) is 12.1 Å². The molecule has 0 unspecified atom stereocenters. The fraction of sp³-hybridized carbons (Fsp3) is 0.150. The quantitative estimate of drug-likeness (QED) is 0.490. The first kappa shape index (κ1) is 18.7. The summed E-state index contributed by atoms with van der Waals surface area (Å²) in [5.74, 6) is -0.341. The van der Waals surface area contributed by atoms with E-state index in [9.17, 15) is 14.9 Å². The van der Waals surface area contributed by atoms with Crippen molar-refractivity contribution in [2.45, 2.75) is 6.92 Å². The Morgan fingerprint density at radius 3 is 2.54 bits per heavy atom. The number of amides is 1. The molecule has 2 aromatic carbocycles. The van der Waals surface area contributed by atoms with E-state index in [1.807, 2.05) is 13.0 Å². The van der Waals surface area contributed by atoms with Gasteiger partial charge < -0.3 is 14.8 Å². The smallest absolute Gasteiger partial charge is 0.337 e. The van der Waals surface area contributed by atoms with Gasteiger partial charge >= 0.3 is 5.97 Å². The molecule has 1 N–H and O–H groups in total. The van der Waals surface area contributed by atoms with Gasteiger partial charge in [0.05, 0.1) is 19.3 Å². The summed E-state index contributed by atoms with van der Waals surface area (Å²) in [5.41, 5.74) is 1.47. The number of anilines is 1. The number of benzene rings is 2. The highest BCUT2D eigenvalue weighted by molar-refractivity contribution is 6.09. The maximum Gasteiger partial charge on any atom is 0.337 e. The zero-order chi connectivity index (χ0) is 18.9. The van der Waals surface area contributed by atoms with E-state index in [0.717, 1.165) is 0 Å². The molecule has 0 radical (unpaired) electrons. The number of nitriles is 1. The Morgan fingerprint density at radius 1 is 1.19 bits per heavy atom. The average Bonchev–Trinajstić information content (AvgIpc) is 2.66. The zero-order valence-corrected chi connectivity index (χ0v) is 14.5. The minimum absolute atomic E-state index is 0.0457. The number of ether oxygens (including phenoxy) is 2. The molecule has 1 amide bonds. The number of carbonyl (C=O) groups is 2. The molecule has 2 aromatic rings. The Hall–Kier alpha value is -3.59. The molecule has 0 saturated carbocycles. The second-order valence-corrected chi connectivity index (χ2v) is 5.20. The summed E-state index contributed by atoms with van der Waals surface area (Å²) in [7, 11) is 1.29. The van der Waals surface area contributed by atoms with Crippen LogP contribution in [-0.4, -0.2) is 25.6 Å². The van der Waals surface area contributed by atoms with Crippen molar-refractivity contribution < 1.29 is 19.1 Å². The SMILES string of the molecule is CCOc1cccc(/C=C(\C#N)C(=O)Nc2ccc(C(=O)OC)cc2)c1. The predicted molar refractivity (Wildman–Crippen MR) is 97.6 cm³/mol. The Morgan fingerprint density at radius 2 is 1.92 bits per heavy atom. The van der Waals surface area contributed by atoms with Crippen LogP contribution in [0.1, 0.15) is 22.8 Å². The van der Waals surface area contributed by atoms with Crippen molar-refractivity contribution >= 4 is 23.6 Å². The van der Waals surface area contributed by atoms with E-state index in [1.165, 1.54) is 25.3 Å². The second kappa shape index (κ2) is 9.04. The third kappa shape index (κ3) is 4.95. The second-order valence-electron chi connectivity index (χ2n) is 5.20. The third-order valence-electron chi connectivity index (χ3n) is 3.41. The van der Waals surface area contributed by atoms with Gasteiger partial charge in [0.1, 0.15) is 17.4 Å². The lowest BCUT2D eigenvalue weighted by atomic mass is 10.1. The molecule has 0 aromatic heterocycles. The Bertz CT molecular complexity index is 864. The van der Waals surface area contributed by atoms with E-state index in [4.69, 9.17) is 4.74 Å². The topological polar surface area (TPSA) is 88.4 Å². The van der Waals surface area contributed by atoms with E-state index in [-0.39, 0.29) is 5.57 Å². The number of methoxy groups -OCH3 is 1. The van der Waals surface area contributed by atoms with Gasteiger partial charge in [-0.15, -0.1) is 0 Å². The Balaban J connectivity index is 2.14. The van der Waals surface area contributed by atoms with E-state index in [1.54, 1.807) is 36.4 Å². The van der Waals surface area contributed by atoms with Gasteiger partial charge in [0.25, 0.3) is 5.91 Å². The maximum absolute atomic E-state index is 12.3. The van der Waals surface area contributed by atoms with Crippen LogP contribution in [0.5, 0.6) is 5.75 Å². The van der Waals surface area contributed by atoms with E-state index in [0.29, 0.717) is 29.2 Å². The molecular weight excluding hydrogens is 332 g/mol. The lowest BCUT2D eigenvalue weighted by molar-refractivity contribution is -0.112. The van der Waals surface area contributed by atoms with Crippen LogP contribution in [-0.2, 0) is 9.53 Å². The molecule has 2 rings (SSSR count). The van der Waals surface area contributed by atoms with Crippen molar-refractivity contribution in [1.29, 1.82) is 5.26 Å². The fourth-order valence-electron chi connectivity index (χ4n) is 2.18. The number of hydrogen-bond acceptors (Lipinski definition) is 5. The highest BCUT2D eigenvalue weighted by Crippen LogP contribution is 2.17. The van der Waals surface area contributed by atoms with Crippen molar-refractivity contribution in [1.82, 2.24) is 0 Å². The lowest BCUT2D eigenvalue weighted by Crippen LogP contribution is -2.13. The van der Waals surface area contributed by atoms with Crippen molar-refractivity contribution in [3.8, 4) is 11.8 Å². The Kier molecular flexibility index (Phi) is 6.52. The first-order valence-electron chi connectivity index (χ1n) is 7.91. The molecule has 0 spiro atoms. The van der Waals surface area contributed by atoms with Crippen molar-refractivity contribution in [2.75, 3.05) is 19.0 Å². The highest BCUT2D eigenvalue weighted by Gasteiger charge is 2.11. The van der Waals surface area contributed by atoms with Crippen LogP contribution >= 0.6 is 0 Å². The number of rotatable bonds is 6. The minimum atomic E-state index is -0.542. The third-order valence-corrected chi connectivity index (χ3v) is 3.41. The predicted octanol–water partition coefficient (Wildman–Crippen LogP) is 3.42. The summed E-state index contributed by atoms with van der Waals surface area (Å²) in [4.78, 5) is 23.7. The molecule has 0 aliphatic heterocycles. The van der Waals surface area contributed by atoms with E-state index >= 15 is 0 Å². The Labute approximate surface area is 151 Å². The van der Waals surface area contributed by atoms with Crippen LogP contribution in [0.2, 0.25) is 0 Å². The van der Waals surface area contributed by atoms with Gasteiger partial charge in [-0.25, -0.2) is 4.79 Å². The maximum atomic E-state index is 12.3. The fourth-order valence-corrected chi connectivity index (χ4v) is 2.18. The molecule has 0 atom stereocenters. The molecule has 132 valence electrons. The van der Waals surface area contributed by atoms with E-state index < -0.39 is 11.9 Å². The van der Waals surface area contributed by atoms with Crippen molar-refractivity contribution in [2.24, 2.45) is 0 Å². The summed E-state index contributed by atoms with van der Waals surface area (Å²) in [6, 6.07) is 15.2. The molecule has 0 heterocycles. The summed E-state index contributed by atoms with van der Waals surface area (Å²) in [5, 5.41) is 11.9. The monoisotopic (exact) mass is 350 g/mol. The van der Waals surface area contributed by atoms with Crippen LogP contribution in [0, 0.1) is 11.3 Å². The average molecular weight is 350 g/mol. The lowest BCUT2D eigenvalue weighted by Gasteiger charge is -2.06. The molecule has 26 heavy (non-hydrogen) atoms. The van der Waals surface area contributed by atoms with Crippen LogP contribution < -0.4 is 10.1 Å². The van der Waals surface area contributed by atoms with Gasteiger partial charge in [0.2, 0.25) is 0 Å². The summed E-state index contributed by atoms with van der Waals surface area (Å²) in [6.45, 7) is 2.41. The standard InChI is InChI=1S/C20H18N2O4/c1-3-26-18-6-4-5-14(12-18)11-16(13-21)19(23)22-17-9-7-15(8-10-17)20(24)25-2/h4-12H,3H2,1-2H3,(H,22,23)/b16-11+. The van der Waals surface area contributed by atoms with Crippen LogP contribution in [0.3, 0.4) is 0 Å². The number of hydrogen-bond donors (Lipinski definition) is 1. The van der Waals surface area contributed by atoms with Crippen LogP contribution in [0.15, 0.2) is 54.1 Å². The molecule has 0 fully saturated rings. The number of esters is 1. The first-order valence-corrected chi connectivity index (χ1v) is 7.91. The largest absolute Gasteiger partial charge is 0.494 e. The summed E-state index contributed by atoms with van der Waals surface area (Å²) in [6.07, 6.45) is 1.49. The summed E-state index contributed by atoms with van der Waals surface area (Å²) < 4.78 is 10.0. The van der Waals surface area contributed by atoms with Crippen molar-refractivity contribution in [3.05, 3.63) is 65.2 Å². The number of nitrogens with one attached hydrogen (secondary N) is 1.